The number of oxazole rings is 1. The molecule has 0 unspecified atom stereocenters. The summed E-state index contributed by atoms with van der Waals surface area (Å²) in [5, 5.41) is 8.87. The van der Waals surface area contributed by atoms with Crippen LogP contribution in [0, 0.1) is 17.1 Å². The molecule has 22 heavy (non-hydrogen) atoms. The maximum Gasteiger partial charge on any atom is 0.417 e. The van der Waals surface area contributed by atoms with Crippen molar-refractivity contribution in [2.75, 3.05) is 0 Å². The standard InChI is InChI=1S/C13H5F3N4O2/c14-6-2-1-5(11-9(6)20-13(21)22-11)8-4-18-10(12(15)16)7(3-17)19-8/h1-2,4,12H,(H,20,21). The normalized spacial score (nSPS) is 11.0. The Kier molecular flexibility index (Phi) is 3.14. The second kappa shape index (κ2) is 5.00. The maximum absolute atomic E-state index is 13.6. The van der Waals surface area contributed by atoms with Crippen LogP contribution in [-0.2, 0) is 0 Å². The molecule has 0 fully saturated rings. The number of nitriles is 1. The molecule has 0 saturated carbocycles. The second-order valence-corrected chi connectivity index (χ2v) is 4.22. The summed E-state index contributed by atoms with van der Waals surface area (Å²) in [4.78, 5) is 20.7. The van der Waals surface area contributed by atoms with Crippen LogP contribution in [0.5, 0.6) is 0 Å². The van der Waals surface area contributed by atoms with Crippen molar-refractivity contribution in [3.05, 3.63) is 46.1 Å². The van der Waals surface area contributed by atoms with Crippen LogP contribution in [0.3, 0.4) is 0 Å². The summed E-state index contributed by atoms with van der Waals surface area (Å²) in [5.41, 5.74) is -1.45. The van der Waals surface area contributed by atoms with E-state index in [1.54, 1.807) is 0 Å². The highest BCUT2D eigenvalue weighted by Crippen LogP contribution is 2.28. The molecule has 9 heteroatoms. The van der Waals surface area contributed by atoms with Crippen LogP contribution < -0.4 is 5.76 Å². The average molecular weight is 306 g/mol. The number of halogens is 3. The van der Waals surface area contributed by atoms with E-state index in [1.165, 1.54) is 12.1 Å². The molecule has 2 aromatic heterocycles. The van der Waals surface area contributed by atoms with E-state index in [1.807, 2.05) is 0 Å². The van der Waals surface area contributed by atoms with E-state index in [-0.39, 0.29) is 22.4 Å². The number of hydrogen-bond acceptors (Lipinski definition) is 5. The molecule has 0 amide bonds. The lowest BCUT2D eigenvalue weighted by Crippen LogP contribution is -2.00. The minimum atomic E-state index is -2.95. The van der Waals surface area contributed by atoms with Gasteiger partial charge in [0.1, 0.15) is 17.3 Å². The SMILES string of the molecule is N#Cc1nc(-c2ccc(F)c3[nH]c(=O)oc23)cnc1C(F)F. The topological polar surface area (TPSA) is 95.6 Å². The number of fused-ring (bicyclic) bond motifs is 1. The van der Waals surface area contributed by atoms with Gasteiger partial charge in [-0.2, -0.15) is 5.26 Å². The zero-order valence-electron chi connectivity index (χ0n) is 10.6. The molecular formula is C13H5F3N4O2. The Balaban J connectivity index is 2.27. The predicted molar refractivity (Wildman–Crippen MR) is 67.5 cm³/mol. The summed E-state index contributed by atoms with van der Waals surface area (Å²) in [6.07, 6.45) is -1.95. The largest absolute Gasteiger partial charge is 0.417 e. The number of benzene rings is 1. The van der Waals surface area contributed by atoms with Crippen molar-refractivity contribution in [2.24, 2.45) is 0 Å². The smallest absolute Gasteiger partial charge is 0.407 e. The number of alkyl halides is 2. The van der Waals surface area contributed by atoms with Gasteiger partial charge >= 0.3 is 5.76 Å². The van der Waals surface area contributed by atoms with Gasteiger partial charge in [0.2, 0.25) is 0 Å². The minimum Gasteiger partial charge on any atom is -0.407 e. The molecule has 0 saturated heterocycles. The molecule has 0 bridgehead atoms. The number of nitrogens with zero attached hydrogens (tertiary/aromatic N) is 3. The summed E-state index contributed by atoms with van der Waals surface area (Å²) in [5.74, 6) is -1.60. The van der Waals surface area contributed by atoms with Crippen molar-refractivity contribution in [1.29, 1.82) is 5.26 Å². The van der Waals surface area contributed by atoms with Gasteiger partial charge in [-0.05, 0) is 12.1 Å². The molecule has 0 radical (unpaired) electrons. The quantitative estimate of drug-likeness (QED) is 0.785. The van der Waals surface area contributed by atoms with Crippen LogP contribution in [0.25, 0.3) is 22.4 Å². The van der Waals surface area contributed by atoms with Crippen molar-refractivity contribution in [1.82, 2.24) is 15.0 Å². The van der Waals surface area contributed by atoms with Crippen LogP contribution in [0.1, 0.15) is 17.8 Å². The van der Waals surface area contributed by atoms with Gasteiger partial charge in [0, 0.05) is 5.56 Å². The van der Waals surface area contributed by atoms with Crippen LogP contribution in [-0.4, -0.2) is 15.0 Å². The van der Waals surface area contributed by atoms with Crippen molar-refractivity contribution in [3.63, 3.8) is 0 Å². The Morgan fingerprint density at radius 2 is 2.14 bits per heavy atom. The van der Waals surface area contributed by atoms with E-state index in [2.05, 4.69) is 15.0 Å². The Morgan fingerprint density at radius 3 is 2.82 bits per heavy atom. The fraction of sp³-hybridized carbons (Fsp3) is 0.0769. The fourth-order valence-corrected chi connectivity index (χ4v) is 1.97. The summed E-state index contributed by atoms with van der Waals surface area (Å²) in [6, 6.07) is 3.83. The third kappa shape index (κ3) is 2.10. The first-order chi connectivity index (χ1) is 10.5. The van der Waals surface area contributed by atoms with Crippen molar-refractivity contribution in [3.8, 4) is 17.3 Å². The van der Waals surface area contributed by atoms with E-state index in [0.717, 1.165) is 12.3 Å². The molecule has 0 atom stereocenters. The fourth-order valence-electron chi connectivity index (χ4n) is 1.97. The third-order valence-electron chi connectivity index (χ3n) is 2.92. The highest BCUT2D eigenvalue weighted by molar-refractivity contribution is 5.89. The van der Waals surface area contributed by atoms with E-state index in [4.69, 9.17) is 9.68 Å². The van der Waals surface area contributed by atoms with Gasteiger partial charge in [0.25, 0.3) is 6.43 Å². The van der Waals surface area contributed by atoms with E-state index < -0.39 is 29.4 Å². The number of hydrogen-bond donors (Lipinski definition) is 1. The van der Waals surface area contributed by atoms with Gasteiger partial charge in [0.15, 0.2) is 17.1 Å². The molecule has 110 valence electrons. The number of aromatic amines is 1. The van der Waals surface area contributed by atoms with Crippen molar-refractivity contribution < 1.29 is 17.6 Å². The number of H-pyrrole nitrogens is 1. The minimum absolute atomic E-state index is 0.00806. The molecule has 2 heterocycles. The van der Waals surface area contributed by atoms with Crippen molar-refractivity contribution in [2.45, 2.75) is 6.43 Å². The second-order valence-electron chi connectivity index (χ2n) is 4.22. The van der Waals surface area contributed by atoms with E-state index >= 15 is 0 Å². The Hall–Kier alpha value is -3.15. The zero-order chi connectivity index (χ0) is 15.9. The lowest BCUT2D eigenvalue weighted by Gasteiger charge is -2.05. The summed E-state index contributed by atoms with van der Waals surface area (Å²) in [6.45, 7) is 0. The van der Waals surface area contributed by atoms with Gasteiger partial charge in [-0.15, -0.1) is 0 Å². The first kappa shape index (κ1) is 13.8. The predicted octanol–water partition coefficient (Wildman–Crippen LogP) is 2.53. The maximum atomic E-state index is 13.6. The molecule has 1 N–H and O–H groups in total. The number of aromatic nitrogens is 3. The lowest BCUT2D eigenvalue weighted by atomic mass is 10.1. The van der Waals surface area contributed by atoms with Gasteiger partial charge in [-0.3, -0.25) is 4.98 Å². The van der Waals surface area contributed by atoms with Gasteiger partial charge in [-0.1, -0.05) is 0 Å². The van der Waals surface area contributed by atoms with Crippen LogP contribution in [0.15, 0.2) is 27.5 Å². The van der Waals surface area contributed by atoms with Crippen molar-refractivity contribution >= 4 is 11.1 Å². The molecule has 3 aromatic rings. The van der Waals surface area contributed by atoms with Gasteiger partial charge in [-0.25, -0.2) is 27.9 Å². The van der Waals surface area contributed by atoms with Crippen LogP contribution in [0.2, 0.25) is 0 Å². The molecule has 0 aliphatic rings. The molecule has 3 rings (SSSR count). The Labute approximate surface area is 119 Å². The summed E-state index contributed by atoms with van der Waals surface area (Å²) in [7, 11) is 0. The first-order valence-electron chi connectivity index (χ1n) is 5.88. The third-order valence-corrected chi connectivity index (χ3v) is 2.92. The highest BCUT2D eigenvalue weighted by Gasteiger charge is 2.19. The molecule has 0 aliphatic heterocycles. The molecule has 1 aromatic carbocycles. The zero-order valence-corrected chi connectivity index (χ0v) is 10.6. The molecule has 6 nitrogen and oxygen atoms in total. The number of nitrogens with one attached hydrogen (secondary N) is 1. The van der Waals surface area contributed by atoms with E-state index in [9.17, 15) is 18.0 Å². The molecule has 0 aliphatic carbocycles. The molecule has 0 spiro atoms. The van der Waals surface area contributed by atoms with Gasteiger partial charge in [0.05, 0.1) is 11.9 Å². The Morgan fingerprint density at radius 1 is 1.36 bits per heavy atom. The van der Waals surface area contributed by atoms with Crippen LogP contribution in [0.4, 0.5) is 13.2 Å². The Bertz CT molecular complexity index is 972. The van der Waals surface area contributed by atoms with Gasteiger partial charge < -0.3 is 4.42 Å². The monoisotopic (exact) mass is 306 g/mol. The first-order valence-corrected chi connectivity index (χ1v) is 5.88. The average Bonchev–Trinajstić information content (AvgIpc) is 2.89. The highest BCUT2D eigenvalue weighted by atomic mass is 19.3. The van der Waals surface area contributed by atoms with E-state index in [0.29, 0.717) is 0 Å². The number of rotatable bonds is 2. The summed E-state index contributed by atoms with van der Waals surface area (Å²) >= 11 is 0. The summed E-state index contributed by atoms with van der Waals surface area (Å²) < 4.78 is 43.8. The lowest BCUT2D eigenvalue weighted by molar-refractivity contribution is 0.145. The molecular weight excluding hydrogens is 301 g/mol. The van der Waals surface area contributed by atoms with Crippen LogP contribution >= 0.6 is 0 Å².